The van der Waals surface area contributed by atoms with Crippen molar-refractivity contribution in [2.75, 3.05) is 19.8 Å². The number of hydrogen-bond acceptors (Lipinski definition) is 5. The van der Waals surface area contributed by atoms with Crippen molar-refractivity contribution in [2.45, 2.75) is 13.3 Å². The first kappa shape index (κ1) is 22.6. The molecule has 0 bridgehead atoms. The van der Waals surface area contributed by atoms with E-state index in [9.17, 15) is 4.79 Å². The summed E-state index contributed by atoms with van der Waals surface area (Å²) >= 11 is 10.1. The zero-order valence-corrected chi connectivity index (χ0v) is 19.8. The number of halogens is 1. The summed E-state index contributed by atoms with van der Waals surface area (Å²) in [5.74, 6) is 1.45. The van der Waals surface area contributed by atoms with E-state index >= 15 is 0 Å². The second-order valence-corrected chi connectivity index (χ2v) is 9.00. The molecule has 1 amide bonds. The number of likely N-dealkylation sites (N-methyl/N-ethyl adjacent to an activating group) is 1. The number of nitrogens with zero attached hydrogens (tertiary/aromatic N) is 1. The molecule has 0 saturated carbocycles. The summed E-state index contributed by atoms with van der Waals surface area (Å²) in [5.41, 5.74) is 1.91. The largest absolute Gasteiger partial charge is 0.490 e. The zero-order valence-electron chi connectivity index (χ0n) is 16.6. The first-order valence-corrected chi connectivity index (χ1v) is 11.5. The third kappa shape index (κ3) is 5.53. The molecule has 0 N–H and O–H groups in total. The molecule has 1 aliphatic rings. The van der Waals surface area contributed by atoms with Crippen LogP contribution in [0.3, 0.4) is 0 Å². The molecule has 2 aromatic rings. The first-order valence-electron chi connectivity index (χ1n) is 9.52. The number of allylic oxidation sites excluding steroid dienone is 1. The SMILES string of the molecule is C=CCc1ccccc1OCCOc1ccc(Br)cc1/C=C1\SC(=S)N(CC)C1=O. The van der Waals surface area contributed by atoms with Crippen molar-refractivity contribution in [1.82, 2.24) is 4.90 Å². The Labute approximate surface area is 195 Å². The second kappa shape index (κ2) is 10.8. The first-order chi connectivity index (χ1) is 14.5. The Bertz CT molecular complexity index is 990. The third-order valence-electron chi connectivity index (χ3n) is 4.38. The normalized spacial score (nSPS) is 15.0. The highest BCUT2D eigenvalue weighted by Gasteiger charge is 2.30. The van der Waals surface area contributed by atoms with Crippen LogP contribution in [0.25, 0.3) is 6.08 Å². The maximum Gasteiger partial charge on any atom is 0.266 e. The molecule has 1 aliphatic heterocycles. The minimum absolute atomic E-state index is 0.0689. The van der Waals surface area contributed by atoms with Gasteiger partial charge in [-0.1, -0.05) is 64.2 Å². The topological polar surface area (TPSA) is 38.8 Å². The molecule has 1 heterocycles. The summed E-state index contributed by atoms with van der Waals surface area (Å²) in [6.07, 6.45) is 4.44. The van der Waals surface area contributed by atoms with Crippen molar-refractivity contribution in [3.05, 3.63) is 75.6 Å². The van der Waals surface area contributed by atoms with Gasteiger partial charge in [0.05, 0.1) is 4.91 Å². The Balaban J connectivity index is 1.68. The molecule has 156 valence electrons. The molecule has 0 unspecified atom stereocenters. The lowest BCUT2D eigenvalue weighted by atomic mass is 10.1. The van der Waals surface area contributed by atoms with Crippen LogP contribution in [0.5, 0.6) is 11.5 Å². The summed E-state index contributed by atoms with van der Waals surface area (Å²) in [4.78, 5) is 14.7. The molecular weight excluding hydrogens is 482 g/mol. The predicted octanol–water partition coefficient (Wildman–Crippen LogP) is 5.86. The molecule has 0 aromatic heterocycles. The van der Waals surface area contributed by atoms with Crippen molar-refractivity contribution in [1.29, 1.82) is 0 Å². The molecule has 3 rings (SSSR count). The van der Waals surface area contributed by atoms with Crippen molar-refractivity contribution >= 4 is 56.2 Å². The average Bonchev–Trinajstić information content (AvgIpc) is 3.00. The van der Waals surface area contributed by atoms with Gasteiger partial charge >= 0.3 is 0 Å². The lowest BCUT2D eigenvalue weighted by Gasteiger charge is -2.13. The van der Waals surface area contributed by atoms with Gasteiger partial charge in [0, 0.05) is 16.6 Å². The minimum Gasteiger partial charge on any atom is -0.490 e. The summed E-state index contributed by atoms with van der Waals surface area (Å²) < 4.78 is 13.3. The fraction of sp³-hybridized carbons (Fsp3) is 0.217. The monoisotopic (exact) mass is 503 g/mol. The van der Waals surface area contributed by atoms with E-state index in [1.54, 1.807) is 4.90 Å². The van der Waals surface area contributed by atoms with Crippen LogP contribution in [-0.2, 0) is 11.2 Å². The number of benzene rings is 2. The number of ether oxygens (including phenoxy) is 2. The Morgan fingerprint density at radius 3 is 2.60 bits per heavy atom. The van der Waals surface area contributed by atoms with Gasteiger partial charge in [0.2, 0.25) is 0 Å². The Morgan fingerprint density at radius 1 is 1.17 bits per heavy atom. The van der Waals surface area contributed by atoms with Crippen molar-refractivity contribution < 1.29 is 14.3 Å². The summed E-state index contributed by atoms with van der Waals surface area (Å²) in [5, 5.41) is 0. The number of carbonyl (C=O) groups excluding carboxylic acids is 1. The van der Waals surface area contributed by atoms with E-state index in [0.29, 0.717) is 34.7 Å². The van der Waals surface area contributed by atoms with E-state index in [4.69, 9.17) is 21.7 Å². The van der Waals surface area contributed by atoms with Crippen molar-refractivity contribution in [2.24, 2.45) is 0 Å². The van der Waals surface area contributed by atoms with Crippen LogP contribution in [0, 0.1) is 0 Å². The lowest BCUT2D eigenvalue weighted by Crippen LogP contribution is -2.27. The molecule has 30 heavy (non-hydrogen) atoms. The van der Waals surface area contributed by atoms with E-state index in [1.165, 1.54) is 11.8 Å². The van der Waals surface area contributed by atoms with Gasteiger partial charge in [0.1, 0.15) is 29.0 Å². The maximum atomic E-state index is 12.5. The predicted molar refractivity (Wildman–Crippen MR) is 131 cm³/mol. The molecular formula is C23H22BrNO3S2. The summed E-state index contributed by atoms with van der Waals surface area (Å²) in [7, 11) is 0. The number of thiocarbonyl (C=S) groups is 1. The van der Waals surface area contributed by atoms with Crippen LogP contribution in [-0.4, -0.2) is 34.9 Å². The number of para-hydroxylation sites is 1. The van der Waals surface area contributed by atoms with Gasteiger partial charge in [-0.3, -0.25) is 9.69 Å². The van der Waals surface area contributed by atoms with E-state index in [1.807, 2.05) is 61.5 Å². The smallest absolute Gasteiger partial charge is 0.266 e. The van der Waals surface area contributed by atoms with E-state index in [0.717, 1.165) is 27.8 Å². The lowest BCUT2D eigenvalue weighted by molar-refractivity contribution is -0.121. The van der Waals surface area contributed by atoms with E-state index < -0.39 is 0 Å². The Kier molecular flexibility index (Phi) is 8.13. The molecule has 1 fully saturated rings. The fourth-order valence-electron chi connectivity index (χ4n) is 2.95. The van der Waals surface area contributed by atoms with Gasteiger partial charge in [-0.05, 0) is 49.2 Å². The summed E-state index contributed by atoms with van der Waals surface area (Å²) in [6.45, 7) is 7.04. The van der Waals surface area contributed by atoms with Gasteiger partial charge in [0.25, 0.3) is 5.91 Å². The minimum atomic E-state index is -0.0689. The highest BCUT2D eigenvalue weighted by Crippen LogP contribution is 2.35. The maximum absolute atomic E-state index is 12.5. The number of carbonyl (C=O) groups is 1. The van der Waals surface area contributed by atoms with Gasteiger partial charge in [-0.25, -0.2) is 0 Å². The third-order valence-corrected chi connectivity index (χ3v) is 6.25. The number of rotatable bonds is 9. The molecule has 0 aliphatic carbocycles. The van der Waals surface area contributed by atoms with Crippen LogP contribution in [0.4, 0.5) is 0 Å². The Hall–Kier alpha value is -2.09. The van der Waals surface area contributed by atoms with Crippen molar-refractivity contribution in [3.8, 4) is 11.5 Å². The van der Waals surface area contributed by atoms with Crippen LogP contribution < -0.4 is 9.47 Å². The quantitative estimate of drug-likeness (QED) is 0.185. The number of thioether (sulfide) groups is 1. The van der Waals surface area contributed by atoms with Gasteiger partial charge < -0.3 is 9.47 Å². The van der Waals surface area contributed by atoms with E-state index in [-0.39, 0.29) is 5.91 Å². The fourth-order valence-corrected chi connectivity index (χ4v) is 4.70. The highest BCUT2D eigenvalue weighted by atomic mass is 79.9. The van der Waals surface area contributed by atoms with Crippen LogP contribution in [0.1, 0.15) is 18.1 Å². The molecule has 0 spiro atoms. The van der Waals surface area contributed by atoms with Gasteiger partial charge in [0.15, 0.2) is 0 Å². The molecule has 1 saturated heterocycles. The Morgan fingerprint density at radius 2 is 1.90 bits per heavy atom. The number of hydrogen-bond donors (Lipinski definition) is 0. The zero-order chi connectivity index (χ0) is 21.5. The molecule has 7 heteroatoms. The molecule has 2 aromatic carbocycles. The van der Waals surface area contributed by atoms with E-state index in [2.05, 4.69) is 22.5 Å². The van der Waals surface area contributed by atoms with Crippen LogP contribution in [0.2, 0.25) is 0 Å². The van der Waals surface area contributed by atoms with Crippen LogP contribution >= 0.6 is 39.9 Å². The van der Waals surface area contributed by atoms with Crippen molar-refractivity contribution in [3.63, 3.8) is 0 Å². The highest BCUT2D eigenvalue weighted by molar-refractivity contribution is 9.10. The second-order valence-electron chi connectivity index (χ2n) is 6.41. The van der Waals surface area contributed by atoms with Crippen LogP contribution in [0.15, 0.2) is 64.5 Å². The molecule has 0 atom stereocenters. The summed E-state index contributed by atoms with van der Waals surface area (Å²) in [6, 6.07) is 13.6. The number of amides is 1. The van der Waals surface area contributed by atoms with Gasteiger partial charge in [-0.15, -0.1) is 6.58 Å². The molecule has 0 radical (unpaired) electrons. The average molecular weight is 504 g/mol. The van der Waals surface area contributed by atoms with Gasteiger partial charge in [-0.2, -0.15) is 0 Å². The molecule has 4 nitrogen and oxygen atoms in total. The standard InChI is InChI=1S/C23H22BrNO3S2/c1-3-7-16-8-5-6-9-19(16)27-12-13-28-20-11-10-18(24)14-17(20)15-21-22(26)25(4-2)23(29)30-21/h3,5-6,8-11,14-15H,1,4,7,12-13H2,2H3/b21-15-.